The molecule has 3 aromatic rings. The van der Waals surface area contributed by atoms with Gasteiger partial charge in [-0.3, -0.25) is 0 Å². The zero-order chi connectivity index (χ0) is 22.3. The first kappa shape index (κ1) is 21.7. The fourth-order valence-electron chi connectivity index (χ4n) is 4.72. The Balaban J connectivity index is 1.21. The predicted octanol–water partition coefficient (Wildman–Crippen LogP) is 9.45. The van der Waals surface area contributed by atoms with Gasteiger partial charge in [0.05, 0.1) is 23.5 Å². The van der Waals surface area contributed by atoms with E-state index in [-0.39, 0.29) is 0 Å². The lowest BCUT2D eigenvalue weighted by Gasteiger charge is -2.15. The highest BCUT2D eigenvalue weighted by Gasteiger charge is 2.13. The summed E-state index contributed by atoms with van der Waals surface area (Å²) < 4.78 is 6.14. The average Bonchev–Trinajstić information content (AvgIpc) is 3.38. The third-order valence-electron chi connectivity index (χ3n) is 6.73. The summed E-state index contributed by atoms with van der Waals surface area (Å²) in [6, 6.07) is 21.1. The number of hydrogen-bond donors (Lipinski definition) is 0. The Morgan fingerprint density at radius 1 is 0.485 bits per heavy atom. The lowest BCUT2D eigenvalue weighted by atomic mass is 9.96. The first-order valence-corrected chi connectivity index (χ1v) is 12.5. The van der Waals surface area contributed by atoms with Crippen molar-refractivity contribution in [2.45, 2.75) is 76.3 Å². The number of azo groups is 2. The SMILES string of the molecule is c1cc(-c2ccc(-c3ccc(/N=N/C4CCCCC4)cc3)o2)ccc1/N=N/C1CCCCC1. The van der Waals surface area contributed by atoms with Crippen molar-refractivity contribution in [1.29, 1.82) is 0 Å². The molecule has 0 radical (unpaired) electrons. The van der Waals surface area contributed by atoms with E-state index in [9.17, 15) is 0 Å². The Labute approximate surface area is 196 Å². The highest BCUT2D eigenvalue weighted by Crippen LogP contribution is 2.31. The normalized spacial score (nSPS) is 18.4. The molecule has 2 aromatic carbocycles. The molecule has 0 amide bonds. The Morgan fingerprint density at radius 3 is 1.27 bits per heavy atom. The van der Waals surface area contributed by atoms with E-state index in [4.69, 9.17) is 4.42 Å². The standard InChI is InChI=1S/C28H32N4O/c1-3-7-23(8-4-1)29-31-25-15-11-21(12-16-25)27-19-20-28(33-27)22-13-17-26(18-14-22)32-30-24-9-5-2-6-10-24/h11-20,23-24H,1-10H2/b31-29+,32-30+. The van der Waals surface area contributed by atoms with Gasteiger partial charge in [0.15, 0.2) is 0 Å². The van der Waals surface area contributed by atoms with E-state index in [0.29, 0.717) is 12.1 Å². The van der Waals surface area contributed by atoms with Gasteiger partial charge >= 0.3 is 0 Å². The summed E-state index contributed by atoms with van der Waals surface area (Å²) in [4.78, 5) is 0. The number of hydrogen-bond acceptors (Lipinski definition) is 5. The molecule has 0 saturated heterocycles. The molecule has 0 atom stereocenters. The van der Waals surface area contributed by atoms with Crippen LogP contribution in [0.15, 0.2) is 85.5 Å². The van der Waals surface area contributed by atoms with Gasteiger partial charge in [0.25, 0.3) is 0 Å². The Morgan fingerprint density at radius 2 is 0.879 bits per heavy atom. The van der Waals surface area contributed by atoms with Crippen LogP contribution >= 0.6 is 0 Å². The fourth-order valence-corrected chi connectivity index (χ4v) is 4.72. The molecule has 0 spiro atoms. The average molecular weight is 441 g/mol. The van der Waals surface area contributed by atoms with Gasteiger partial charge < -0.3 is 4.42 Å². The van der Waals surface area contributed by atoms with Crippen LogP contribution in [0.3, 0.4) is 0 Å². The molecule has 0 N–H and O–H groups in total. The largest absolute Gasteiger partial charge is 0.456 e. The smallest absolute Gasteiger partial charge is 0.134 e. The van der Waals surface area contributed by atoms with E-state index in [0.717, 1.165) is 34.0 Å². The highest BCUT2D eigenvalue weighted by atomic mass is 16.3. The Hall–Kier alpha value is -3.08. The maximum atomic E-state index is 6.14. The predicted molar refractivity (Wildman–Crippen MR) is 132 cm³/mol. The fraction of sp³-hybridized carbons (Fsp3) is 0.429. The topological polar surface area (TPSA) is 62.6 Å². The highest BCUT2D eigenvalue weighted by molar-refractivity contribution is 5.66. The van der Waals surface area contributed by atoms with E-state index in [1.165, 1.54) is 64.2 Å². The minimum absolute atomic E-state index is 0.395. The molecule has 33 heavy (non-hydrogen) atoms. The summed E-state index contributed by atoms with van der Waals surface area (Å²) in [5.41, 5.74) is 3.87. The van der Waals surface area contributed by atoms with Gasteiger partial charge in [-0.2, -0.15) is 20.5 Å². The lowest BCUT2D eigenvalue weighted by Crippen LogP contribution is -2.08. The van der Waals surface area contributed by atoms with Crippen LogP contribution in [0.5, 0.6) is 0 Å². The minimum Gasteiger partial charge on any atom is -0.456 e. The second-order valence-electron chi connectivity index (χ2n) is 9.27. The van der Waals surface area contributed by atoms with Crippen molar-refractivity contribution in [3.63, 3.8) is 0 Å². The maximum Gasteiger partial charge on any atom is 0.134 e. The van der Waals surface area contributed by atoms with Gasteiger partial charge in [0, 0.05) is 11.1 Å². The van der Waals surface area contributed by atoms with E-state index in [2.05, 4.69) is 20.5 Å². The molecule has 5 heteroatoms. The van der Waals surface area contributed by atoms with Crippen LogP contribution in [0, 0.1) is 0 Å². The van der Waals surface area contributed by atoms with Crippen LogP contribution in [0.2, 0.25) is 0 Å². The quantitative estimate of drug-likeness (QED) is 0.352. The third kappa shape index (κ3) is 5.84. The summed E-state index contributed by atoms with van der Waals surface area (Å²) in [6.07, 6.45) is 12.4. The van der Waals surface area contributed by atoms with Gasteiger partial charge in [-0.15, -0.1) is 0 Å². The van der Waals surface area contributed by atoms with Crippen molar-refractivity contribution in [1.82, 2.24) is 0 Å². The number of nitrogens with zero attached hydrogens (tertiary/aromatic N) is 4. The first-order valence-electron chi connectivity index (χ1n) is 12.5. The molecule has 2 saturated carbocycles. The van der Waals surface area contributed by atoms with Gasteiger partial charge in [0.1, 0.15) is 11.5 Å². The first-order chi connectivity index (χ1) is 16.3. The second kappa shape index (κ2) is 10.7. The number of furan rings is 1. The van der Waals surface area contributed by atoms with Crippen LogP contribution in [0.4, 0.5) is 11.4 Å². The Bertz CT molecular complexity index is 984. The van der Waals surface area contributed by atoms with Crippen LogP contribution in [-0.4, -0.2) is 12.1 Å². The molecule has 0 aliphatic heterocycles. The molecular weight excluding hydrogens is 408 g/mol. The van der Waals surface area contributed by atoms with Gasteiger partial charge in [-0.1, -0.05) is 38.5 Å². The second-order valence-corrected chi connectivity index (χ2v) is 9.27. The summed E-state index contributed by atoms with van der Waals surface area (Å²) in [6.45, 7) is 0. The zero-order valence-corrected chi connectivity index (χ0v) is 19.2. The summed E-state index contributed by atoms with van der Waals surface area (Å²) in [5, 5.41) is 18.0. The molecule has 0 unspecified atom stereocenters. The monoisotopic (exact) mass is 440 g/mol. The van der Waals surface area contributed by atoms with Crippen molar-refractivity contribution in [3.05, 3.63) is 60.7 Å². The molecular formula is C28H32N4O. The number of benzene rings is 2. The summed E-state index contributed by atoms with van der Waals surface area (Å²) in [5.74, 6) is 1.70. The maximum absolute atomic E-state index is 6.14. The van der Waals surface area contributed by atoms with Crippen LogP contribution in [0.25, 0.3) is 22.6 Å². The molecule has 5 rings (SSSR count). The van der Waals surface area contributed by atoms with Crippen LogP contribution in [-0.2, 0) is 0 Å². The van der Waals surface area contributed by atoms with E-state index in [1.807, 2.05) is 60.7 Å². The zero-order valence-electron chi connectivity index (χ0n) is 19.2. The van der Waals surface area contributed by atoms with E-state index in [1.54, 1.807) is 0 Å². The van der Waals surface area contributed by atoms with Crippen molar-refractivity contribution >= 4 is 11.4 Å². The van der Waals surface area contributed by atoms with Crippen molar-refractivity contribution in [2.24, 2.45) is 20.5 Å². The summed E-state index contributed by atoms with van der Waals surface area (Å²) in [7, 11) is 0. The van der Waals surface area contributed by atoms with Gasteiger partial charge in [-0.05, 0) is 86.3 Å². The molecule has 2 fully saturated rings. The summed E-state index contributed by atoms with van der Waals surface area (Å²) >= 11 is 0. The minimum atomic E-state index is 0.395. The molecule has 2 aliphatic rings. The number of rotatable bonds is 6. The Kier molecular flexibility index (Phi) is 7.05. The molecule has 1 heterocycles. The molecule has 170 valence electrons. The molecule has 5 nitrogen and oxygen atoms in total. The van der Waals surface area contributed by atoms with Crippen molar-refractivity contribution in [3.8, 4) is 22.6 Å². The van der Waals surface area contributed by atoms with Crippen molar-refractivity contribution < 1.29 is 4.42 Å². The molecule has 0 bridgehead atoms. The lowest BCUT2D eigenvalue weighted by molar-refractivity contribution is 0.432. The van der Waals surface area contributed by atoms with Crippen LogP contribution in [0.1, 0.15) is 64.2 Å². The van der Waals surface area contributed by atoms with Crippen LogP contribution < -0.4 is 0 Å². The molecule has 1 aromatic heterocycles. The van der Waals surface area contributed by atoms with Crippen molar-refractivity contribution in [2.75, 3.05) is 0 Å². The van der Waals surface area contributed by atoms with E-state index < -0.39 is 0 Å². The van der Waals surface area contributed by atoms with E-state index >= 15 is 0 Å². The molecule has 2 aliphatic carbocycles. The third-order valence-corrected chi connectivity index (χ3v) is 6.73. The van der Waals surface area contributed by atoms with Gasteiger partial charge in [-0.25, -0.2) is 0 Å². The van der Waals surface area contributed by atoms with Gasteiger partial charge in [0.2, 0.25) is 0 Å².